The van der Waals surface area contributed by atoms with Gasteiger partial charge in [0.15, 0.2) is 0 Å². The van der Waals surface area contributed by atoms with E-state index in [0.29, 0.717) is 18.5 Å². The molecule has 1 saturated carbocycles. The number of hydrogen-bond acceptors (Lipinski definition) is 5. The maximum Gasteiger partial charge on any atom is 0.244 e. The number of methoxy groups -OCH3 is 1. The Labute approximate surface area is 125 Å². The topological polar surface area (TPSA) is 102 Å². The van der Waals surface area contributed by atoms with Gasteiger partial charge in [-0.15, -0.1) is 0 Å². The van der Waals surface area contributed by atoms with Gasteiger partial charge in [-0.25, -0.2) is 13.1 Å². The first-order chi connectivity index (χ1) is 9.94. The van der Waals surface area contributed by atoms with Gasteiger partial charge in [-0.3, -0.25) is 0 Å². The average molecular weight is 314 g/mol. The van der Waals surface area contributed by atoms with Crippen molar-refractivity contribution in [1.82, 2.24) is 4.72 Å². The molecule has 0 aliphatic heterocycles. The van der Waals surface area contributed by atoms with Crippen LogP contribution in [0.5, 0.6) is 5.75 Å². The lowest BCUT2D eigenvalue weighted by molar-refractivity contribution is 0.130. The van der Waals surface area contributed by atoms with Crippen LogP contribution in [0.1, 0.15) is 32.1 Å². The van der Waals surface area contributed by atoms with E-state index in [2.05, 4.69) is 4.72 Å². The summed E-state index contributed by atoms with van der Waals surface area (Å²) in [4.78, 5) is 0.00134. The van der Waals surface area contributed by atoms with Crippen LogP contribution in [0.2, 0.25) is 0 Å². The molecule has 2 atom stereocenters. The van der Waals surface area contributed by atoms with Gasteiger partial charge < -0.3 is 15.6 Å². The second kappa shape index (κ2) is 6.64. The van der Waals surface area contributed by atoms with Crippen LogP contribution in [-0.4, -0.2) is 32.8 Å². The summed E-state index contributed by atoms with van der Waals surface area (Å²) < 4.78 is 32.7. The summed E-state index contributed by atoms with van der Waals surface area (Å²) in [5, 5.41) is 10.1. The highest BCUT2D eigenvalue weighted by atomic mass is 32.2. The third kappa shape index (κ3) is 3.87. The number of ether oxygens (including phenoxy) is 1. The summed E-state index contributed by atoms with van der Waals surface area (Å²) in [6, 6.07) is 4.00. The van der Waals surface area contributed by atoms with E-state index in [-0.39, 0.29) is 10.6 Å². The minimum absolute atomic E-state index is 0.00134. The van der Waals surface area contributed by atoms with Crippen molar-refractivity contribution in [3.8, 4) is 5.75 Å². The van der Waals surface area contributed by atoms with Crippen molar-refractivity contribution in [2.75, 3.05) is 12.8 Å². The SMILES string of the molecule is COc1ccc(N)cc1S(=O)(=O)NC1CCCCCC1O. The van der Waals surface area contributed by atoms with E-state index in [9.17, 15) is 13.5 Å². The van der Waals surface area contributed by atoms with Crippen LogP contribution in [0.4, 0.5) is 5.69 Å². The Morgan fingerprint density at radius 3 is 2.71 bits per heavy atom. The van der Waals surface area contributed by atoms with Gasteiger partial charge in [0.1, 0.15) is 10.6 Å². The van der Waals surface area contributed by atoms with E-state index in [1.807, 2.05) is 0 Å². The molecule has 0 radical (unpaired) electrons. The third-order valence-electron chi connectivity index (χ3n) is 3.76. The van der Waals surface area contributed by atoms with E-state index < -0.39 is 22.2 Å². The number of aliphatic hydroxyl groups is 1. The predicted octanol–water partition coefficient (Wildman–Crippen LogP) is 1.25. The first-order valence-electron chi connectivity index (χ1n) is 7.08. The smallest absolute Gasteiger partial charge is 0.244 e. The molecule has 4 N–H and O–H groups in total. The molecular weight excluding hydrogens is 292 g/mol. The summed E-state index contributed by atoms with van der Waals surface area (Å²) in [6.07, 6.45) is 3.41. The molecule has 1 aromatic rings. The molecule has 118 valence electrons. The van der Waals surface area contributed by atoms with E-state index in [0.717, 1.165) is 19.3 Å². The molecule has 1 aliphatic carbocycles. The molecule has 1 aliphatic rings. The van der Waals surface area contributed by atoms with Gasteiger partial charge in [0.25, 0.3) is 0 Å². The lowest BCUT2D eigenvalue weighted by Gasteiger charge is -2.22. The summed E-state index contributed by atoms with van der Waals surface area (Å²) in [5.41, 5.74) is 6.01. The average Bonchev–Trinajstić information content (AvgIpc) is 2.64. The van der Waals surface area contributed by atoms with E-state index in [1.54, 1.807) is 6.07 Å². The van der Waals surface area contributed by atoms with Crippen molar-refractivity contribution in [3.63, 3.8) is 0 Å². The molecule has 2 rings (SSSR count). The lowest BCUT2D eigenvalue weighted by Crippen LogP contribution is -2.42. The summed E-state index contributed by atoms with van der Waals surface area (Å²) in [6.45, 7) is 0. The number of anilines is 1. The Morgan fingerprint density at radius 2 is 2.00 bits per heavy atom. The highest BCUT2D eigenvalue weighted by molar-refractivity contribution is 7.89. The molecule has 0 spiro atoms. The molecule has 21 heavy (non-hydrogen) atoms. The van der Waals surface area contributed by atoms with E-state index in [4.69, 9.17) is 10.5 Å². The van der Waals surface area contributed by atoms with Crippen LogP contribution in [0, 0.1) is 0 Å². The van der Waals surface area contributed by atoms with Crippen LogP contribution < -0.4 is 15.2 Å². The zero-order chi connectivity index (χ0) is 15.5. The van der Waals surface area contributed by atoms with Gasteiger partial charge in [-0.2, -0.15) is 0 Å². The lowest BCUT2D eigenvalue weighted by atomic mass is 10.1. The largest absolute Gasteiger partial charge is 0.495 e. The normalized spacial score (nSPS) is 23.5. The Bertz CT molecular complexity index is 589. The second-order valence-corrected chi connectivity index (χ2v) is 7.03. The van der Waals surface area contributed by atoms with Crippen LogP contribution in [0.3, 0.4) is 0 Å². The molecule has 0 aromatic heterocycles. The predicted molar refractivity (Wildman–Crippen MR) is 80.6 cm³/mol. The minimum Gasteiger partial charge on any atom is -0.495 e. The quantitative estimate of drug-likeness (QED) is 0.573. The maximum atomic E-state index is 12.5. The third-order valence-corrected chi connectivity index (χ3v) is 5.27. The molecule has 2 unspecified atom stereocenters. The van der Waals surface area contributed by atoms with Crippen molar-refractivity contribution in [3.05, 3.63) is 18.2 Å². The van der Waals surface area contributed by atoms with Gasteiger partial charge >= 0.3 is 0 Å². The number of benzene rings is 1. The Kier molecular flexibility index (Phi) is 5.08. The monoisotopic (exact) mass is 314 g/mol. The number of nitrogens with two attached hydrogens (primary N) is 1. The van der Waals surface area contributed by atoms with E-state index in [1.165, 1.54) is 19.2 Å². The Hall–Kier alpha value is -1.31. The first-order valence-corrected chi connectivity index (χ1v) is 8.56. The van der Waals surface area contributed by atoms with Crippen molar-refractivity contribution in [1.29, 1.82) is 0 Å². The number of nitrogens with one attached hydrogen (secondary N) is 1. The number of sulfonamides is 1. The molecular formula is C14H22N2O4S. The fourth-order valence-corrected chi connectivity index (χ4v) is 4.10. The number of nitrogen functional groups attached to an aromatic ring is 1. The van der Waals surface area contributed by atoms with Crippen LogP contribution in [0.15, 0.2) is 23.1 Å². The fraction of sp³-hybridized carbons (Fsp3) is 0.571. The number of rotatable bonds is 4. The molecule has 7 heteroatoms. The molecule has 0 heterocycles. The molecule has 1 aromatic carbocycles. The van der Waals surface area contributed by atoms with Crippen molar-refractivity contribution in [2.24, 2.45) is 0 Å². The highest BCUT2D eigenvalue weighted by Gasteiger charge is 2.28. The zero-order valence-electron chi connectivity index (χ0n) is 12.1. The summed E-state index contributed by atoms with van der Waals surface area (Å²) in [5.74, 6) is 0.236. The summed E-state index contributed by atoms with van der Waals surface area (Å²) >= 11 is 0. The molecule has 0 amide bonds. The molecule has 0 bridgehead atoms. The molecule has 6 nitrogen and oxygen atoms in total. The van der Waals surface area contributed by atoms with Gasteiger partial charge in [-0.1, -0.05) is 19.3 Å². The second-order valence-electron chi connectivity index (χ2n) is 5.34. The highest BCUT2D eigenvalue weighted by Crippen LogP contribution is 2.27. The number of hydrogen-bond donors (Lipinski definition) is 3. The maximum absolute atomic E-state index is 12.5. The van der Waals surface area contributed by atoms with Crippen LogP contribution in [0.25, 0.3) is 0 Å². The van der Waals surface area contributed by atoms with Gasteiger partial charge in [0.2, 0.25) is 10.0 Å². The van der Waals surface area contributed by atoms with Crippen LogP contribution in [-0.2, 0) is 10.0 Å². The number of aliphatic hydroxyl groups excluding tert-OH is 1. The van der Waals surface area contributed by atoms with Crippen molar-refractivity contribution in [2.45, 2.75) is 49.1 Å². The first kappa shape index (κ1) is 16.1. The van der Waals surface area contributed by atoms with Crippen LogP contribution >= 0.6 is 0 Å². The standard InChI is InChI=1S/C14H22N2O4S/c1-20-13-8-7-10(15)9-14(13)21(18,19)16-11-5-3-2-4-6-12(11)17/h7-9,11-12,16-17H,2-6,15H2,1H3. The Morgan fingerprint density at radius 1 is 1.29 bits per heavy atom. The molecule has 0 saturated heterocycles. The van der Waals surface area contributed by atoms with Gasteiger partial charge in [0.05, 0.1) is 13.2 Å². The fourth-order valence-electron chi connectivity index (χ4n) is 2.59. The van der Waals surface area contributed by atoms with Crippen molar-refractivity contribution >= 4 is 15.7 Å². The minimum atomic E-state index is -3.79. The van der Waals surface area contributed by atoms with Crippen molar-refractivity contribution < 1.29 is 18.3 Å². The zero-order valence-corrected chi connectivity index (χ0v) is 12.9. The van der Waals surface area contributed by atoms with Gasteiger partial charge in [-0.05, 0) is 31.0 Å². The summed E-state index contributed by atoms with van der Waals surface area (Å²) in [7, 11) is -2.38. The van der Waals surface area contributed by atoms with Gasteiger partial charge in [0, 0.05) is 11.7 Å². The molecule has 1 fully saturated rings. The van der Waals surface area contributed by atoms with E-state index >= 15 is 0 Å². The Balaban J connectivity index is 2.27.